The summed E-state index contributed by atoms with van der Waals surface area (Å²) < 4.78 is 12.7. The van der Waals surface area contributed by atoms with Crippen LogP contribution in [-0.2, 0) is 30.4 Å². The molecule has 1 aromatic carbocycles. The fourth-order valence-electron chi connectivity index (χ4n) is 6.54. The number of fused-ring (bicyclic) bond motifs is 4. The maximum absolute atomic E-state index is 6.41. The summed E-state index contributed by atoms with van der Waals surface area (Å²) in [5, 5.41) is 0. The third-order valence-corrected chi connectivity index (χ3v) is 7.49. The Morgan fingerprint density at radius 3 is 2.18 bits per heavy atom. The van der Waals surface area contributed by atoms with E-state index >= 15 is 0 Å². The zero-order valence-corrected chi connectivity index (χ0v) is 17.8. The van der Waals surface area contributed by atoms with Gasteiger partial charge in [0.15, 0.2) is 0 Å². The second-order valence-corrected chi connectivity index (χ2v) is 8.93. The van der Waals surface area contributed by atoms with Gasteiger partial charge in [0.2, 0.25) is 0 Å². The molecule has 4 aliphatic rings. The van der Waals surface area contributed by atoms with Crippen LogP contribution < -0.4 is 4.74 Å². The second-order valence-electron chi connectivity index (χ2n) is 8.93. The summed E-state index contributed by atoms with van der Waals surface area (Å²) in [6.07, 6.45) is 15.1. The first-order valence-electron chi connectivity index (χ1n) is 11.8. The van der Waals surface area contributed by atoms with E-state index in [4.69, 9.17) is 9.47 Å². The highest BCUT2D eigenvalue weighted by molar-refractivity contribution is 5.59. The SMILES string of the molecule is CCOc1c2c3c4[c-]1CCCC1=C(CCC4)C(=C(CCC2)C1OCC)CCC3. The highest BCUT2D eigenvalue weighted by Gasteiger charge is 2.34. The molecule has 4 aliphatic carbocycles. The molecule has 5 rings (SSSR count). The zero-order chi connectivity index (χ0) is 19.1. The average Bonchev–Trinajstić information content (AvgIpc) is 3.14. The summed E-state index contributed by atoms with van der Waals surface area (Å²) in [5.41, 5.74) is 13.3. The molecule has 2 heteroatoms. The Bertz CT molecular complexity index is 758. The maximum atomic E-state index is 6.41. The molecular formula is C26H35O2-. The molecule has 1 aromatic rings. The largest absolute Gasteiger partial charge is 0.520 e. The quantitative estimate of drug-likeness (QED) is 0.584. The predicted octanol–water partition coefficient (Wildman–Crippen LogP) is 6.15. The average molecular weight is 380 g/mol. The van der Waals surface area contributed by atoms with E-state index < -0.39 is 0 Å². The van der Waals surface area contributed by atoms with Crippen LogP contribution in [0.4, 0.5) is 0 Å². The Balaban J connectivity index is 1.69. The molecule has 0 fully saturated rings. The van der Waals surface area contributed by atoms with E-state index in [1.807, 2.05) is 0 Å². The van der Waals surface area contributed by atoms with Gasteiger partial charge in [0.25, 0.3) is 0 Å². The molecule has 2 nitrogen and oxygen atoms in total. The van der Waals surface area contributed by atoms with E-state index in [-0.39, 0.29) is 0 Å². The first-order chi connectivity index (χ1) is 13.8. The number of rotatable bonds is 4. The normalized spacial score (nSPS) is 24.3. The van der Waals surface area contributed by atoms with Crippen LogP contribution in [0.5, 0.6) is 5.75 Å². The van der Waals surface area contributed by atoms with Crippen molar-refractivity contribution in [1.82, 2.24) is 0 Å². The van der Waals surface area contributed by atoms with Crippen molar-refractivity contribution in [2.75, 3.05) is 13.2 Å². The Hall–Kier alpha value is -1.41. The van der Waals surface area contributed by atoms with Crippen LogP contribution in [0.2, 0.25) is 0 Å². The Labute approximate surface area is 170 Å². The van der Waals surface area contributed by atoms with Crippen LogP contribution in [0.1, 0.15) is 87.5 Å². The van der Waals surface area contributed by atoms with E-state index in [0.29, 0.717) is 6.10 Å². The van der Waals surface area contributed by atoms with E-state index in [1.165, 1.54) is 82.8 Å². The lowest BCUT2D eigenvalue weighted by molar-refractivity contribution is 0.109. The van der Waals surface area contributed by atoms with Crippen LogP contribution in [0.15, 0.2) is 22.3 Å². The molecule has 0 amide bonds. The third kappa shape index (κ3) is 2.91. The molecule has 0 spiro atoms. The fraction of sp³-hybridized carbons (Fsp3) is 0.654. The molecule has 4 bridgehead atoms. The van der Waals surface area contributed by atoms with Crippen molar-refractivity contribution >= 4 is 0 Å². The molecule has 0 radical (unpaired) electrons. The molecule has 0 saturated carbocycles. The summed E-state index contributed by atoms with van der Waals surface area (Å²) in [6.45, 7) is 5.93. The first kappa shape index (κ1) is 18.6. The number of allylic oxidation sites excluding steroid dienone is 2. The minimum atomic E-state index is 0.295. The molecule has 0 N–H and O–H groups in total. The van der Waals surface area contributed by atoms with Crippen molar-refractivity contribution in [2.24, 2.45) is 0 Å². The molecule has 28 heavy (non-hydrogen) atoms. The monoisotopic (exact) mass is 379 g/mol. The van der Waals surface area contributed by atoms with Crippen LogP contribution in [0.25, 0.3) is 0 Å². The molecule has 0 saturated heterocycles. The zero-order valence-electron chi connectivity index (χ0n) is 17.8. The second kappa shape index (κ2) is 7.78. The van der Waals surface area contributed by atoms with E-state index in [1.54, 1.807) is 44.5 Å². The van der Waals surface area contributed by atoms with Crippen LogP contribution in [0.3, 0.4) is 0 Å². The van der Waals surface area contributed by atoms with E-state index in [9.17, 15) is 0 Å². The Morgan fingerprint density at radius 2 is 1.43 bits per heavy atom. The number of hydrogen-bond acceptors (Lipinski definition) is 2. The highest BCUT2D eigenvalue weighted by Crippen LogP contribution is 2.48. The van der Waals surface area contributed by atoms with Gasteiger partial charge in [-0.25, -0.2) is 0 Å². The van der Waals surface area contributed by atoms with Crippen molar-refractivity contribution in [3.8, 4) is 5.75 Å². The van der Waals surface area contributed by atoms with Crippen LogP contribution in [-0.4, -0.2) is 19.3 Å². The smallest absolute Gasteiger partial charge is 0.101 e. The number of hydrogen-bond donors (Lipinski definition) is 0. The summed E-state index contributed by atoms with van der Waals surface area (Å²) >= 11 is 0. The van der Waals surface area contributed by atoms with Gasteiger partial charge in [-0.05, 0) is 68.2 Å². The predicted molar refractivity (Wildman–Crippen MR) is 114 cm³/mol. The summed E-state index contributed by atoms with van der Waals surface area (Å²) in [6, 6.07) is 0. The van der Waals surface area contributed by atoms with Crippen molar-refractivity contribution < 1.29 is 9.47 Å². The summed E-state index contributed by atoms with van der Waals surface area (Å²) in [7, 11) is 0. The Kier molecular flexibility index (Phi) is 5.17. The van der Waals surface area contributed by atoms with Gasteiger partial charge in [0.05, 0.1) is 6.61 Å². The van der Waals surface area contributed by atoms with Gasteiger partial charge in [-0.1, -0.05) is 44.9 Å². The maximum Gasteiger partial charge on any atom is 0.101 e. The number of ether oxygens (including phenoxy) is 2. The van der Waals surface area contributed by atoms with Crippen LogP contribution in [0, 0.1) is 0 Å². The molecular weight excluding hydrogens is 344 g/mol. The van der Waals surface area contributed by atoms with Gasteiger partial charge in [-0.15, -0.1) is 5.56 Å². The van der Waals surface area contributed by atoms with E-state index in [0.717, 1.165) is 13.2 Å². The molecule has 152 valence electrons. The topological polar surface area (TPSA) is 18.5 Å². The molecule has 0 heterocycles. The lowest BCUT2D eigenvalue weighted by Crippen LogP contribution is -2.18. The lowest BCUT2D eigenvalue weighted by atomic mass is 9.85. The standard InChI is InChI=1S/C26H35O2/c1-3-27-25-21-13-7-15-23-19-11-5-9-17(21)18-10-6-12-20(19)24(26(23)28-4-2)16-8-14-22(18)25/h25H,3-16H2,1-2H3/q-1. The van der Waals surface area contributed by atoms with Gasteiger partial charge in [-0.3, -0.25) is 0 Å². The minimum absolute atomic E-state index is 0.295. The highest BCUT2D eigenvalue weighted by atomic mass is 16.5. The van der Waals surface area contributed by atoms with Gasteiger partial charge in [0, 0.05) is 12.4 Å². The first-order valence-corrected chi connectivity index (χ1v) is 11.8. The van der Waals surface area contributed by atoms with Crippen molar-refractivity contribution in [1.29, 1.82) is 0 Å². The molecule has 0 aliphatic heterocycles. The minimum Gasteiger partial charge on any atom is -0.520 e. The fourth-order valence-corrected chi connectivity index (χ4v) is 6.54. The molecule has 0 atom stereocenters. The van der Waals surface area contributed by atoms with Crippen molar-refractivity contribution in [2.45, 2.75) is 97.0 Å². The van der Waals surface area contributed by atoms with Gasteiger partial charge >= 0.3 is 0 Å². The van der Waals surface area contributed by atoms with Gasteiger partial charge in [-0.2, -0.15) is 16.7 Å². The van der Waals surface area contributed by atoms with Gasteiger partial charge in [0.1, 0.15) is 6.10 Å². The summed E-state index contributed by atoms with van der Waals surface area (Å²) in [5.74, 6) is 1.30. The van der Waals surface area contributed by atoms with Crippen molar-refractivity contribution in [3.05, 3.63) is 44.5 Å². The van der Waals surface area contributed by atoms with Crippen molar-refractivity contribution in [3.63, 3.8) is 0 Å². The molecule has 0 unspecified atom stereocenters. The van der Waals surface area contributed by atoms with Gasteiger partial charge < -0.3 is 9.47 Å². The van der Waals surface area contributed by atoms with E-state index in [2.05, 4.69) is 13.8 Å². The third-order valence-electron chi connectivity index (χ3n) is 7.49. The summed E-state index contributed by atoms with van der Waals surface area (Å²) in [4.78, 5) is 0. The molecule has 0 aromatic heterocycles. The lowest BCUT2D eigenvalue weighted by Gasteiger charge is -2.24. The Morgan fingerprint density at radius 1 is 0.750 bits per heavy atom. The van der Waals surface area contributed by atoms with Crippen LogP contribution >= 0.6 is 0 Å².